The number of hydrogen-bond acceptors (Lipinski definition) is 4. The van der Waals surface area contributed by atoms with Gasteiger partial charge in [0.05, 0.1) is 12.1 Å². The molecule has 172 valence electrons. The number of aliphatic hydroxyl groups is 1. The smallest absolute Gasteiger partial charge is 0.250 e. The summed E-state index contributed by atoms with van der Waals surface area (Å²) >= 11 is 0. The number of carbonyl (C=O) groups excluding carboxylic acids is 1. The zero-order chi connectivity index (χ0) is 22.4. The second-order valence-electron chi connectivity index (χ2n) is 12.3. The first-order valence-electron chi connectivity index (χ1n) is 12.6. The third-order valence-corrected chi connectivity index (χ3v) is 10.5. The normalized spacial score (nSPS) is 48.7. The molecule has 1 heterocycles. The van der Waals surface area contributed by atoms with Crippen LogP contribution < -0.4 is 0 Å². The Kier molecular flexibility index (Phi) is 4.48. The summed E-state index contributed by atoms with van der Waals surface area (Å²) in [5, 5.41) is 23.4. The number of hydrogen-bond donors (Lipinski definition) is 1. The molecule has 0 aromatic carbocycles. The molecule has 0 amide bonds. The highest BCUT2D eigenvalue weighted by atomic mass is 19.1. The maximum absolute atomic E-state index is 13.8. The van der Waals surface area contributed by atoms with Crippen LogP contribution >= 0.6 is 0 Å². The Labute approximate surface area is 189 Å². The lowest BCUT2D eigenvalue weighted by atomic mass is 9.48. The third kappa shape index (κ3) is 2.96. The number of halogens is 1. The van der Waals surface area contributed by atoms with Crippen molar-refractivity contribution in [1.82, 2.24) is 9.78 Å². The number of aromatic nitrogens is 2. The predicted octanol–water partition coefficient (Wildman–Crippen LogP) is 4.34. The first-order valence-corrected chi connectivity index (χ1v) is 12.6. The summed E-state index contributed by atoms with van der Waals surface area (Å²) in [6, 6.07) is 1.80. The standard InChI is InChI=1S/C26H34FN3O2/c1-25(32)7-5-16-14(10-25)3-4-18-17(16)6-8-26(2)22(18)19-9-20(19)23(26)21(31)13-30-12-15(11-28)24(27)29-30/h12,14,16-20,22-23,32H,3-10,13H2,1-2H3/t14-,16+,17-,18-,19-,20+,22-,23-,25-,26+/m1/s1. The van der Waals surface area contributed by atoms with Gasteiger partial charge in [0.2, 0.25) is 5.95 Å². The maximum atomic E-state index is 13.8. The molecule has 6 rings (SSSR count). The van der Waals surface area contributed by atoms with E-state index in [9.17, 15) is 14.3 Å². The van der Waals surface area contributed by atoms with Gasteiger partial charge in [-0.15, -0.1) is 5.10 Å². The van der Waals surface area contributed by atoms with Gasteiger partial charge in [0.15, 0.2) is 5.78 Å². The minimum Gasteiger partial charge on any atom is -0.390 e. The van der Waals surface area contributed by atoms with Gasteiger partial charge in [-0.25, -0.2) is 0 Å². The molecule has 0 radical (unpaired) electrons. The zero-order valence-corrected chi connectivity index (χ0v) is 19.1. The largest absolute Gasteiger partial charge is 0.390 e. The van der Waals surface area contributed by atoms with Crippen molar-refractivity contribution in [3.8, 4) is 6.07 Å². The molecule has 1 aromatic rings. The number of fused-ring (bicyclic) bond motifs is 7. The highest BCUT2D eigenvalue weighted by Crippen LogP contribution is 2.74. The molecule has 0 aliphatic heterocycles. The van der Waals surface area contributed by atoms with Gasteiger partial charge >= 0.3 is 0 Å². The number of carbonyl (C=O) groups is 1. The Bertz CT molecular complexity index is 996. The van der Waals surface area contributed by atoms with Crippen molar-refractivity contribution in [2.45, 2.75) is 77.4 Å². The van der Waals surface area contributed by atoms with Crippen LogP contribution in [0, 0.1) is 70.0 Å². The lowest BCUT2D eigenvalue weighted by Gasteiger charge is -2.57. The Morgan fingerprint density at radius 1 is 1.19 bits per heavy atom. The SMILES string of the molecule is C[C@@]1(O)CC[C@H]2[C@H](CC[C@@H]3[C@@H]2CC[C@@]2(C)[C@H]3[C@@H]3C[C@@H]3[C@@H]2C(=O)Cn2cc(C#N)c(F)n2)C1. The van der Waals surface area contributed by atoms with Gasteiger partial charge in [0.1, 0.15) is 11.6 Å². The van der Waals surface area contributed by atoms with Gasteiger partial charge in [0, 0.05) is 12.1 Å². The summed E-state index contributed by atoms with van der Waals surface area (Å²) < 4.78 is 15.1. The van der Waals surface area contributed by atoms with Gasteiger partial charge in [0.25, 0.3) is 0 Å². The molecule has 10 atom stereocenters. The Morgan fingerprint density at radius 3 is 2.72 bits per heavy atom. The summed E-state index contributed by atoms with van der Waals surface area (Å²) in [4.78, 5) is 13.5. The van der Waals surface area contributed by atoms with Crippen LogP contribution in [-0.2, 0) is 11.3 Å². The first kappa shape index (κ1) is 20.8. The van der Waals surface area contributed by atoms with Crippen molar-refractivity contribution in [2.24, 2.45) is 52.8 Å². The fourth-order valence-electron chi connectivity index (χ4n) is 9.47. The number of ketones is 1. The molecule has 0 spiro atoms. The Hall–Kier alpha value is -1.74. The second kappa shape index (κ2) is 6.88. The van der Waals surface area contributed by atoms with Crippen molar-refractivity contribution >= 4 is 5.78 Å². The number of rotatable bonds is 3. The lowest BCUT2D eigenvalue weighted by molar-refractivity contribution is -0.136. The highest BCUT2D eigenvalue weighted by Gasteiger charge is 2.70. The van der Waals surface area contributed by atoms with Crippen LogP contribution in [0.25, 0.3) is 0 Å². The van der Waals surface area contributed by atoms with Crippen molar-refractivity contribution in [2.75, 3.05) is 0 Å². The molecule has 5 nitrogen and oxygen atoms in total. The first-order chi connectivity index (χ1) is 15.2. The summed E-state index contributed by atoms with van der Waals surface area (Å²) in [7, 11) is 0. The van der Waals surface area contributed by atoms with Crippen molar-refractivity contribution in [1.29, 1.82) is 5.26 Å². The fourth-order valence-corrected chi connectivity index (χ4v) is 9.47. The molecule has 5 fully saturated rings. The van der Waals surface area contributed by atoms with E-state index in [0.29, 0.717) is 23.7 Å². The average Bonchev–Trinajstić information content (AvgIpc) is 3.32. The second-order valence-corrected chi connectivity index (χ2v) is 12.3. The monoisotopic (exact) mass is 439 g/mol. The number of nitrogens with zero attached hydrogens (tertiary/aromatic N) is 3. The van der Waals surface area contributed by atoms with E-state index in [2.05, 4.69) is 12.0 Å². The minimum atomic E-state index is -0.788. The minimum absolute atomic E-state index is 0.0426. The van der Waals surface area contributed by atoms with Crippen LogP contribution in [0.15, 0.2) is 6.20 Å². The molecule has 5 aliphatic carbocycles. The van der Waals surface area contributed by atoms with Crippen LogP contribution in [0.2, 0.25) is 0 Å². The summed E-state index contributed by atoms with van der Waals surface area (Å²) in [6.07, 6.45) is 10.4. The van der Waals surface area contributed by atoms with Crippen LogP contribution in [-0.4, -0.2) is 26.3 Å². The van der Waals surface area contributed by atoms with Crippen LogP contribution in [0.4, 0.5) is 4.39 Å². The molecule has 5 saturated carbocycles. The number of Topliss-reactive ketones (excluding diaryl/α,β-unsaturated/α-hetero) is 1. The fraction of sp³-hybridized carbons (Fsp3) is 0.808. The van der Waals surface area contributed by atoms with E-state index >= 15 is 0 Å². The summed E-state index contributed by atoms with van der Waals surface area (Å²) in [6.45, 7) is 4.45. The zero-order valence-electron chi connectivity index (χ0n) is 19.1. The lowest BCUT2D eigenvalue weighted by Crippen LogP contribution is -2.52. The quantitative estimate of drug-likeness (QED) is 0.760. The maximum Gasteiger partial charge on any atom is 0.250 e. The summed E-state index contributed by atoms with van der Waals surface area (Å²) in [5.74, 6) is 4.12. The van der Waals surface area contributed by atoms with Gasteiger partial charge in [-0.2, -0.15) is 9.65 Å². The van der Waals surface area contributed by atoms with Gasteiger partial charge in [-0.05, 0) is 105 Å². The molecule has 0 saturated heterocycles. The van der Waals surface area contributed by atoms with E-state index in [1.165, 1.54) is 36.6 Å². The predicted molar refractivity (Wildman–Crippen MR) is 115 cm³/mol. The highest BCUT2D eigenvalue weighted by molar-refractivity contribution is 5.83. The molecular formula is C26H34FN3O2. The third-order valence-electron chi connectivity index (χ3n) is 10.5. The molecule has 5 aliphatic rings. The molecule has 1 N–H and O–H groups in total. The molecule has 6 heteroatoms. The molecular weight excluding hydrogens is 405 g/mol. The van der Waals surface area contributed by atoms with E-state index in [1.807, 2.05) is 6.92 Å². The van der Waals surface area contributed by atoms with E-state index in [4.69, 9.17) is 5.26 Å². The van der Waals surface area contributed by atoms with Crippen LogP contribution in [0.5, 0.6) is 0 Å². The topological polar surface area (TPSA) is 78.9 Å². The number of nitriles is 1. The van der Waals surface area contributed by atoms with Gasteiger partial charge in [-0.3, -0.25) is 9.48 Å². The van der Waals surface area contributed by atoms with Crippen LogP contribution in [0.3, 0.4) is 0 Å². The molecule has 0 bridgehead atoms. The van der Waals surface area contributed by atoms with Crippen molar-refractivity contribution < 1.29 is 14.3 Å². The summed E-state index contributed by atoms with van der Waals surface area (Å²) in [5.41, 5.74) is -0.537. The Morgan fingerprint density at radius 2 is 1.97 bits per heavy atom. The Balaban J connectivity index is 1.22. The van der Waals surface area contributed by atoms with E-state index in [1.54, 1.807) is 6.07 Å². The average molecular weight is 440 g/mol. The van der Waals surface area contributed by atoms with Crippen LogP contribution in [0.1, 0.15) is 70.8 Å². The molecule has 32 heavy (non-hydrogen) atoms. The van der Waals surface area contributed by atoms with Crippen molar-refractivity contribution in [3.63, 3.8) is 0 Å². The van der Waals surface area contributed by atoms with Gasteiger partial charge < -0.3 is 5.11 Å². The van der Waals surface area contributed by atoms with E-state index in [0.717, 1.165) is 43.4 Å². The van der Waals surface area contributed by atoms with Crippen molar-refractivity contribution in [3.05, 3.63) is 17.7 Å². The van der Waals surface area contributed by atoms with E-state index < -0.39 is 11.5 Å². The van der Waals surface area contributed by atoms with Gasteiger partial charge in [-0.1, -0.05) is 6.92 Å². The van der Waals surface area contributed by atoms with E-state index in [-0.39, 0.29) is 29.2 Å². The molecule has 0 unspecified atom stereocenters. The molecule has 1 aromatic heterocycles.